The van der Waals surface area contributed by atoms with E-state index < -0.39 is 23.1 Å². The third kappa shape index (κ3) is 4.14. The average Bonchev–Trinajstić information content (AvgIpc) is 2.53. The molecule has 0 spiro atoms. The number of hydrogen-bond donors (Lipinski definition) is 3. The molecule has 1 unspecified atom stereocenters. The molecule has 0 heterocycles. The molecule has 1 amide bonds. The Morgan fingerprint density at radius 2 is 1.64 bits per heavy atom. The highest BCUT2D eigenvalue weighted by Crippen LogP contribution is 2.16. The van der Waals surface area contributed by atoms with E-state index in [1.807, 2.05) is 5.48 Å². The van der Waals surface area contributed by atoms with Gasteiger partial charge in [0.2, 0.25) is 0 Å². The van der Waals surface area contributed by atoms with Crippen LogP contribution < -0.4 is 10.2 Å². The van der Waals surface area contributed by atoms with Crippen molar-refractivity contribution >= 4 is 28.8 Å². The number of anilines is 1. The number of amides is 1. The van der Waals surface area contributed by atoms with Crippen LogP contribution in [0.25, 0.3) is 0 Å². The lowest BCUT2D eigenvalue weighted by atomic mass is 10.2. The summed E-state index contributed by atoms with van der Waals surface area (Å²) in [7, 11) is 0. The smallest absolute Gasteiger partial charge is 0.335 e. The van der Waals surface area contributed by atoms with Gasteiger partial charge in [-0.1, -0.05) is 30.3 Å². The van der Waals surface area contributed by atoms with Crippen LogP contribution in [0, 0.1) is 0 Å². The van der Waals surface area contributed by atoms with E-state index in [4.69, 9.17) is 9.39 Å². The standard InChI is InChI=1S/C14H12N2O5S/c17-13(10-6-2-1-3-7-10)15-21-14(18)11-8-4-5-9-12(11)16-22(19)20/h1-9,16H,(H,15,17)(H,19,20). The van der Waals surface area contributed by atoms with Crippen molar-refractivity contribution in [2.75, 3.05) is 4.72 Å². The number of hydrogen-bond acceptors (Lipinski definition) is 4. The Morgan fingerprint density at radius 3 is 2.32 bits per heavy atom. The lowest BCUT2D eigenvalue weighted by molar-refractivity contribution is 0.0231. The predicted molar refractivity (Wildman–Crippen MR) is 80.2 cm³/mol. The molecule has 1 atom stereocenters. The molecule has 22 heavy (non-hydrogen) atoms. The van der Waals surface area contributed by atoms with Crippen molar-refractivity contribution in [1.82, 2.24) is 5.48 Å². The van der Waals surface area contributed by atoms with E-state index in [1.54, 1.807) is 42.5 Å². The Labute approximate surface area is 128 Å². The van der Waals surface area contributed by atoms with Crippen LogP contribution in [-0.2, 0) is 16.1 Å². The summed E-state index contributed by atoms with van der Waals surface area (Å²) < 4.78 is 21.8. The van der Waals surface area contributed by atoms with E-state index in [-0.39, 0.29) is 11.3 Å². The maximum atomic E-state index is 11.9. The first kappa shape index (κ1) is 15.7. The summed E-state index contributed by atoms with van der Waals surface area (Å²) in [5.74, 6) is -1.44. The Balaban J connectivity index is 2.04. The number of hydroxylamine groups is 1. The summed E-state index contributed by atoms with van der Waals surface area (Å²) in [4.78, 5) is 28.4. The maximum absolute atomic E-state index is 11.9. The number of benzene rings is 2. The van der Waals surface area contributed by atoms with E-state index in [1.165, 1.54) is 12.1 Å². The fraction of sp³-hybridized carbons (Fsp3) is 0. The normalized spacial score (nSPS) is 11.3. The van der Waals surface area contributed by atoms with Gasteiger partial charge in [0.05, 0.1) is 11.3 Å². The molecule has 2 aromatic rings. The average molecular weight is 320 g/mol. The molecule has 0 aliphatic carbocycles. The molecule has 0 aliphatic rings. The molecule has 7 nitrogen and oxygen atoms in total. The van der Waals surface area contributed by atoms with Crippen molar-refractivity contribution in [3.8, 4) is 0 Å². The minimum absolute atomic E-state index is 0.0123. The zero-order valence-electron chi connectivity index (χ0n) is 11.2. The van der Waals surface area contributed by atoms with E-state index in [9.17, 15) is 13.8 Å². The van der Waals surface area contributed by atoms with Crippen molar-refractivity contribution in [2.24, 2.45) is 0 Å². The largest absolute Gasteiger partial charge is 0.365 e. The zero-order valence-corrected chi connectivity index (χ0v) is 12.0. The van der Waals surface area contributed by atoms with Gasteiger partial charge in [0.25, 0.3) is 17.2 Å². The third-order valence-electron chi connectivity index (χ3n) is 2.62. The van der Waals surface area contributed by atoms with E-state index >= 15 is 0 Å². The van der Waals surface area contributed by atoms with E-state index in [0.29, 0.717) is 5.56 Å². The first-order chi connectivity index (χ1) is 10.6. The van der Waals surface area contributed by atoms with E-state index in [0.717, 1.165) is 0 Å². The second-order valence-electron chi connectivity index (χ2n) is 4.08. The van der Waals surface area contributed by atoms with Gasteiger partial charge < -0.3 is 4.84 Å². The number of carbonyl (C=O) groups excluding carboxylic acids is 2. The second-order valence-corrected chi connectivity index (χ2v) is 4.79. The summed E-state index contributed by atoms with van der Waals surface area (Å²) in [6.45, 7) is 0. The van der Waals surface area contributed by atoms with Crippen molar-refractivity contribution < 1.29 is 23.2 Å². The minimum atomic E-state index is -2.33. The molecule has 2 aromatic carbocycles. The zero-order chi connectivity index (χ0) is 15.9. The Kier molecular flexibility index (Phi) is 5.23. The van der Waals surface area contributed by atoms with Gasteiger partial charge in [-0.05, 0) is 24.3 Å². The van der Waals surface area contributed by atoms with Gasteiger partial charge in [-0.3, -0.25) is 14.1 Å². The van der Waals surface area contributed by atoms with Crippen LogP contribution >= 0.6 is 0 Å². The molecule has 0 fully saturated rings. The number of nitrogens with one attached hydrogen (secondary N) is 2. The van der Waals surface area contributed by atoms with Gasteiger partial charge in [0.15, 0.2) is 0 Å². The SMILES string of the molecule is O=C(NOC(=O)c1ccccc1NS(=O)O)c1ccccc1. The Bertz CT molecular complexity index is 705. The van der Waals surface area contributed by atoms with Gasteiger partial charge >= 0.3 is 5.97 Å². The van der Waals surface area contributed by atoms with Crippen molar-refractivity contribution in [1.29, 1.82) is 0 Å². The number of para-hydroxylation sites is 1. The summed E-state index contributed by atoms with van der Waals surface area (Å²) in [5, 5.41) is 0. The van der Waals surface area contributed by atoms with Gasteiger partial charge in [0, 0.05) is 5.56 Å². The van der Waals surface area contributed by atoms with Crippen LogP contribution in [0.4, 0.5) is 5.69 Å². The maximum Gasteiger partial charge on any atom is 0.365 e. The van der Waals surface area contributed by atoms with Crippen LogP contribution in [-0.4, -0.2) is 20.6 Å². The van der Waals surface area contributed by atoms with Crippen LogP contribution in [0.1, 0.15) is 20.7 Å². The predicted octanol–water partition coefficient (Wildman–Crippen LogP) is 1.74. The van der Waals surface area contributed by atoms with Crippen molar-refractivity contribution in [3.63, 3.8) is 0 Å². The summed E-state index contributed by atoms with van der Waals surface area (Å²) >= 11 is -2.33. The summed E-state index contributed by atoms with van der Waals surface area (Å²) in [6, 6.07) is 14.2. The minimum Gasteiger partial charge on any atom is -0.335 e. The highest BCUT2D eigenvalue weighted by molar-refractivity contribution is 7.80. The fourth-order valence-corrected chi connectivity index (χ4v) is 2.01. The van der Waals surface area contributed by atoms with Gasteiger partial charge in [-0.2, -0.15) is 5.48 Å². The molecule has 0 bridgehead atoms. The lowest BCUT2D eigenvalue weighted by Crippen LogP contribution is -2.27. The molecule has 3 N–H and O–H groups in total. The van der Waals surface area contributed by atoms with Crippen LogP contribution in [0.15, 0.2) is 54.6 Å². The van der Waals surface area contributed by atoms with Gasteiger partial charge in [-0.15, -0.1) is 0 Å². The van der Waals surface area contributed by atoms with Crippen molar-refractivity contribution in [2.45, 2.75) is 0 Å². The van der Waals surface area contributed by atoms with Gasteiger partial charge in [0.1, 0.15) is 0 Å². The third-order valence-corrected chi connectivity index (χ3v) is 3.01. The van der Waals surface area contributed by atoms with Gasteiger partial charge in [-0.25, -0.2) is 9.00 Å². The Morgan fingerprint density at radius 1 is 1.00 bits per heavy atom. The second kappa shape index (κ2) is 7.34. The topological polar surface area (TPSA) is 105 Å². The molecule has 0 aromatic heterocycles. The molecule has 0 saturated heterocycles. The highest BCUT2D eigenvalue weighted by Gasteiger charge is 2.15. The van der Waals surface area contributed by atoms with Crippen LogP contribution in [0.5, 0.6) is 0 Å². The molecule has 8 heteroatoms. The lowest BCUT2D eigenvalue weighted by Gasteiger charge is -2.09. The quantitative estimate of drug-likeness (QED) is 0.588. The van der Waals surface area contributed by atoms with Crippen molar-refractivity contribution in [3.05, 3.63) is 65.7 Å². The number of rotatable bonds is 4. The summed E-state index contributed by atoms with van der Waals surface area (Å²) in [6.07, 6.45) is 0. The Hall–Kier alpha value is -2.71. The fourth-order valence-electron chi connectivity index (χ4n) is 1.64. The monoisotopic (exact) mass is 320 g/mol. The van der Waals surface area contributed by atoms with Crippen LogP contribution in [0.2, 0.25) is 0 Å². The van der Waals surface area contributed by atoms with Crippen LogP contribution in [0.3, 0.4) is 0 Å². The molecular weight excluding hydrogens is 308 g/mol. The molecular formula is C14H12N2O5S. The molecule has 0 radical (unpaired) electrons. The molecule has 0 aliphatic heterocycles. The number of carbonyl (C=O) groups is 2. The summed E-state index contributed by atoms with van der Waals surface area (Å²) in [5.41, 5.74) is 2.48. The molecule has 2 rings (SSSR count). The highest BCUT2D eigenvalue weighted by atomic mass is 32.2. The molecule has 114 valence electrons. The first-order valence-electron chi connectivity index (χ1n) is 6.11. The van der Waals surface area contributed by atoms with E-state index in [2.05, 4.69) is 4.72 Å². The first-order valence-corrected chi connectivity index (χ1v) is 7.21. The molecule has 0 saturated carbocycles.